The molecular weight excluding hydrogens is 359 g/mol. The number of halogens is 1. The Bertz CT molecular complexity index is 888. The fraction of sp³-hybridized carbons (Fsp3) is 0.400. The van der Waals surface area contributed by atoms with E-state index in [9.17, 15) is 9.18 Å². The average molecular weight is 380 g/mol. The number of benzene rings is 1. The van der Waals surface area contributed by atoms with Gasteiger partial charge in [-0.25, -0.2) is 19.2 Å². The zero-order valence-electron chi connectivity index (χ0n) is 15.5. The third-order valence-electron chi connectivity index (χ3n) is 5.34. The second-order valence-corrected chi connectivity index (χ2v) is 7.08. The highest BCUT2D eigenvalue weighted by Gasteiger charge is 2.31. The summed E-state index contributed by atoms with van der Waals surface area (Å²) in [6, 6.07) is 8.52. The molecule has 2 aromatic rings. The lowest BCUT2D eigenvalue weighted by atomic mass is 10.1. The van der Waals surface area contributed by atoms with Crippen molar-refractivity contribution in [2.45, 2.75) is 6.42 Å². The van der Waals surface area contributed by atoms with Crippen LogP contribution in [0.15, 0.2) is 36.8 Å². The number of piperazine rings is 1. The van der Waals surface area contributed by atoms with E-state index < -0.39 is 0 Å². The molecule has 0 saturated carbocycles. The Morgan fingerprint density at radius 2 is 1.86 bits per heavy atom. The minimum Gasteiger partial charge on any atom is -0.365 e. The number of carbonyl (C=O) groups excluding carboxylic acids is 1. The Hall–Kier alpha value is -3.21. The van der Waals surface area contributed by atoms with Crippen LogP contribution in [0.25, 0.3) is 11.3 Å². The molecule has 8 heteroatoms. The van der Waals surface area contributed by atoms with Gasteiger partial charge in [0.1, 0.15) is 12.1 Å². The third-order valence-corrected chi connectivity index (χ3v) is 5.34. The van der Waals surface area contributed by atoms with Crippen LogP contribution in [0.5, 0.6) is 0 Å². The Kier molecular flexibility index (Phi) is 5.06. The largest absolute Gasteiger partial charge is 0.365 e. The predicted octanol–water partition coefficient (Wildman–Crippen LogP) is 2.37. The molecule has 0 radical (unpaired) electrons. The van der Waals surface area contributed by atoms with Crippen LogP contribution in [-0.2, 0) is 0 Å². The molecule has 2 fully saturated rings. The molecule has 0 bridgehead atoms. The van der Waals surface area contributed by atoms with E-state index in [-0.39, 0.29) is 17.8 Å². The molecule has 7 nitrogen and oxygen atoms in total. The zero-order chi connectivity index (χ0) is 19.5. The SMILES string of the molecule is N#CC1CCN(C(=O)N2CCN(c3cncnc3-c3ccc(F)cc3)CC2)C1. The van der Waals surface area contributed by atoms with Crippen LogP contribution in [0.1, 0.15) is 6.42 Å². The first kappa shape index (κ1) is 18.2. The molecule has 2 saturated heterocycles. The molecule has 1 aromatic heterocycles. The van der Waals surface area contributed by atoms with Crippen LogP contribution in [0, 0.1) is 23.1 Å². The topological polar surface area (TPSA) is 76.4 Å². The number of nitriles is 1. The first-order chi connectivity index (χ1) is 13.7. The monoisotopic (exact) mass is 380 g/mol. The van der Waals surface area contributed by atoms with E-state index in [0.29, 0.717) is 39.3 Å². The van der Waals surface area contributed by atoms with Gasteiger partial charge in [0, 0.05) is 44.8 Å². The third kappa shape index (κ3) is 3.60. The van der Waals surface area contributed by atoms with E-state index in [0.717, 1.165) is 23.4 Å². The van der Waals surface area contributed by atoms with Crippen LogP contribution < -0.4 is 4.90 Å². The van der Waals surface area contributed by atoms with Gasteiger partial charge < -0.3 is 14.7 Å². The van der Waals surface area contributed by atoms with Crippen LogP contribution in [0.2, 0.25) is 0 Å². The summed E-state index contributed by atoms with van der Waals surface area (Å²) >= 11 is 0. The van der Waals surface area contributed by atoms with E-state index >= 15 is 0 Å². The quantitative estimate of drug-likeness (QED) is 0.799. The summed E-state index contributed by atoms with van der Waals surface area (Å²) in [5, 5.41) is 9.03. The highest BCUT2D eigenvalue weighted by atomic mass is 19.1. The van der Waals surface area contributed by atoms with Gasteiger partial charge in [-0.1, -0.05) is 0 Å². The molecule has 28 heavy (non-hydrogen) atoms. The van der Waals surface area contributed by atoms with Gasteiger partial charge >= 0.3 is 6.03 Å². The smallest absolute Gasteiger partial charge is 0.320 e. The molecule has 0 spiro atoms. The van der Waals surface area contributed by atoms with E-state index in [1.54, 1.807) is 23.2 Å². The molecule has 144 valence electrons. The van der Waals surface area contributed by atoms with Gasteiger partial charge in [0.25, 0.3) is 0 Å². The van der Waals surface area contributed by atoms with Gasteiger partial charge in [-0.3, -0.25) is 0 Å². The Morgan fingerprint density at radius 1 is 1.11 bits per heavy atom. The van der Waals surface area contributed by atoms with Gasteiger partial charge in [0.05, 0.1) is 29.6 Å². The Morgan fingerprint density at radius 3 is 2.54 bits per heavy atom. The minimum absolute atomic E-state index is 0.0143. The van der Waals surface area contributed by atoms with Gasteiger partial charge in [-0.15, -0.1) is 0 Å². The predicted molar refractivity (Wildman–Crippen MR) is 102 cm³/mol. The van der Waals surface area contributed by atoms with Crippen molar-refractivity contribution in [1.29, 1.82) is 5.26 Å². The standard InChI is InChI=1S/C20H21FN6O/c21-17-3-1-16(2-4-17)19-18(12-23-14-24-19)25-7-9-26(10-8-25)20(28)27-6-5-15(11-22)13-27/h1-4,12,14-15H,5-10,13H2. The van der Waals surface area contributed by atoms with Crippen molar-refractivity contribution in [3.8, 4) is 17.3 Å². The van der Waals surface area contributed by atoms with E-state index in [1.165, 1.54) is 18.5 Å². The first-order valence-electron chi connectivity index (χ1n) is 9.40. The van der Waals surface area contributed by atoms with Gasteiger partial charge in [-0.05, 0) is 30.7 Å². The molecule has 1 unspecified atom stereocenters. The van der Waals surface area contributed by atoms with Crippen molar-refractivity contribution in [2.24, 2.45) is 5.92 Å². The maximum Gasteiger partial charge on any atom is 0.320 e. The lowest BCUT2D eigenvalue weighted by Gasteiger charge is -2.38. The number of rotatable bonds is 2. The molecule has 2 amide bonds. The lowest BCUT2D eigenvalue weighted by Crippen LogP contribution is -2.52. The molecule has 1 atom stereocenters. The number of aromatic nitrogens is 2. The van der Waals surface area contributed by atoms with Crippen molar-refractivity contribution in [2.75, 3.05) is 44.2 Å². The van der Waals surface area contributed by atoms with Crippen molar-refractivity contribution < 1.29 is 9.18 Å². The molecule has 1 aromatic carbocycles. The van der Waals surface area contributed by atoms with E-state index in [4.69, 9.17) is 5.26 Å². The number of hydrogen-bond acceptors (Lipinski definition) is 5. The maximum absolute atomic E-state index is 13.2. The lowest BCUT2D eigenvalue weighted by molar-refractivity contribution is 0.159. The molecule has 2 aliphatic rings. The van der Waals surface area contributed by atoms with E-state index in [2.05, 4.69) is 20.9 Å². The molecule has 3 heterocycles. The second kappa shape index (κ2) is 7.80. The molecule has 2 aliphatic heterocycles. The number of nitrogens with zero attached hydrogens (tertiary/aromatic N) is 6. The second-order valence-electron chi connectivity index (χ2n) is 7.08. The summed E-state index contributed by atoms with van der Waals surface area (Å²) < 4.78 is 13.2. The van der Waals surface area contributed by atoms with Crippen LogP contribution >= 0.6 is 0 Å². The van der Waals surface area contributed by atoms with Crippen molar-refractivity contribution in [3.63, 3.8) is 0 Å². The van der Waals surface area contributed by atoms with E-state index in [1.807, 2.05) is 4.90 Å². The van der Waals surface area contributed by atoms with Gasteiger partial charge in [-0.2, -0.15) is 5.26 Å². The van der Waals surface area contributed by atoms with Crippen LogP contribution in [0.3, 0.4) is 0 Å². The van der Waals surface area contributed by atoms with Gasteiger partial charge in [0.2, 0.25) is 0 Å². The highest BCUT2D eigenvalue weighted by molar-refractivity contribution is 5.77. The summed E-state index contributed by atoms with van der Waals surface area (Å²) in [5.41, 5.74) is 2.47. The number of urea groups is 1. The summed E-state index contributed by atoms with van der Waals surface area (Å²) in [6.45, 7) is 3.72. The Labute approximate surface area is 163 Å². The average Bonchev–Trinajstić information content (AvgIpc) is 3.23. The Balaban J connectivity index is 1.44. The van der Waals surface area contributed by atoms with Crippen molar-refractivity contribution in [1.82, 2.24) is 19.8 Å². The number of amides is 2. The fourth-order valence-corrected chi connectivity index (χ4v) is 3.76. The number of carbonyl (C=O) groups is 1. The van der Waals surface area contributed by atoms with Crippen molar-refractivity contribution in [3.05, 3.63) is 42.6 Å². The minimum atomic E-state index is -0.285. The van der Waals surface area contributed by atoms with Crippen LogP contribution in [0.4, 0.5) is 14.9 Å². The zero-order valence-corrected chi connectivity index (χ0v) is 15.5. The highest BCUT2D eigenvalue weighted by Crippen LogP contribution is 2.29. The number of likely N-dealkylation sites (tertiary alicyclic amines) is 1. The van der Waals surface area contributed by atoms with Crippen molar-refractivity contribution >= 4 is 11.7 Å². The van der Waals surface area contributed by atoms with Gasteiger partial charge in [0.15, 0.2) is 0 Å². The fourth-order valence-electron chi connectivity index (χ4n) is 3.76. The number of anilines is 1. The molecular formula is C20H21FN6O. The molecule has 0 aliphatic carbocycles. The molecule has 4 rings (SSSR count). The summed E-state index contributed by atoms with van der Waals surface area (Å²) in [7, 11) is 0. The first-order valence-corrected chi connectivity index (χ1v) is 9.40. The van der Waals surface area contributed by atoms with Crippen LogP contribution in [-0.4, -0.2) is 65.1 Å². The summed E-state index contributed by atoms with van der Waals surface area (Å²) in [4.78, 5) is 27.0. The summed E-state index contributed by atoms with van der Waals surface area (Å²) in [6.07, 6.45) is 4.01. The maximum atomic E-state index is 13.2. The molecule has 0 N–H and O–H groups in total. The normalized spacial score (nSPS) is 19.6. The number of hydrogen-bond donors (Lipinski definition) is 0. The summed E-state index contributed by atoms with van der Waals surface area (Å²) in [5.74, 6) is -0.336.